The number of rotatable bonds is 10. The van der Waals surface area contributed by atoms with Gasteiger partial charge in [-0.25, -0.2) is 0 Å². The predicted octanol–water partition coefficient (Wildman–Crippen LogP) is 6.46. The van der Waals surface area contributed by atoms with Gasteiger partial charge in [-0.1, -0.05) is 69.9 Å². The quantitative estimate of drug-likeness (QED) is 0.315. The Labute approximate surface area is 176 Å². The molecule has 1 aromatic carbocycles. The minimum absolute atomic E-state index is 0.0281. The van der Waals surface area contributed by atoms with Crippen LogP contribution in [0.15, 0.2) is 77.8 Å². The third-order valence-electron chi connectivity index (χ3n) is 5.30. The smallest absolute Gasteiger partial charge is 0.0924 e. The van der Waals surface area contributed by atoms with Crippen LogP contribution < -0.4 is 5.32 Å². The van der Waals surface area contributed by atoms with Crippen LogP contribution in [0.2, 0.25) is 0 Å². The van der Waals surface area contributed by atoms with Gasteiger partial charge in [0, 0.05) is 17.7 Å². The van der Waals surface area contributed by atoms with Gasteiger partial charge in [-0.2, -0.15) is 0 Å². The molecule has 0 saturated carbocycles. The lowest BCUT2D eigenvalue weighted by Crippen LogP contribution is -2.30. The molecule has 29 heavy (non-hydrogen) atoms. The van der Waals surface area contributed by atoms with Crippen molar-refractivity contribution in [3.63, 3.8) is 0 Å². The molecular formula is C26H37NO2. The van der Waals surface area contributed by atoms with E-state index in [0.29, 0.717) is 6.54 Å². The van der Waals surface area contributed by atoms with E-state index in [2.05, 4.69) is 57.5 Å². The summed E-state index contributed by atoms with van der Waals surface area (Å²) in [6.07, 6.45) is 5.16. The normalized spacial score (nSPS) is 13.8. The summed E-state index contributed by atoms with van der Waals surface area (Å²) in [6, 6.07) is 7.95. The molecule has 3 N–H and O–H groups in total. The Hall–Kier alpha value is -2.52. The third-order valence-corrected chi connectivity index (χ3v) is 5.30. The SMILES string of the molecule is C=C(NCC(C)(C)C(=C)O)C(/C(C)=C\C(=C/C)c1cccc(CO)c1)=C(/C)CC. The van der Waals surface area contributed by atoms with Crippen LogP contribution in [0, 0.1) is 5.41 Å². The van der Waals surface area contributed by atoms with Crippen LogP contribution in [0.1, 0.15) is 59.1 Å². The van der Waals surface area contributed by atoms with Gasteiger partial charge in [-0.05, 0) is 61.1 Å². The van der Waals surface area contributed by atoms with Crippen LogP contribution in [0.3, 0.4) is 0 Å². The Morgan fingerprint density at radius 3 is 2.38 bits per heavy atom. The minimum atomic E-state index is -0.439. The van der Waals surface area contributed by atoms with Gasteiger partial charge < -0.3 is 15.5 Å². The van der Waals surface area contributed by atoms with Gasteiger partial charge >= 0.3 is 0 Å². The molecule has 158 valence electrons. The standard InChI is InChI=1S/C26H37NO2/c1-9-18(3)25(20(5)27-17-26(7,8)21(6)29)19(4)14-23(10-2)24-13-11-12-22(15-24)16-28/h10-15,27-29H,5-6,9,16-17H2,1-4,7-8H3/b19-14-,23-10+,25-18-. The average molecular weight is 396 g/mol. The lowest BCUT2D eigenvalue weighted by atomic mass is 9.90. The summed E-state index contributed by atoms with van der Waals surface area (Å²) in [5, 5.41) is 22.6. The molecule has 0 atom stereocenters. The molecule has 0 aromatic heterocycles. The van der Waals surface area contributed by atoms with Gasteiger partial charge in [0.25, 0.3) is 0 Å². The second kappa shape index (κ2) is 10.9. The fraction of sp³-hybridized carbons (Fsp3) is 0.385. The van der Waals surface area contributed by atoms with Gasteiger partial charge in [-0.3, -0.25) is 0 Å². The molecule has 0 fully saturated rings. The largest absolute Gasteiger partial charge is 0.512 e. The molecular weight excluding hydrogens is 358 g/mol. The number of allylic oxidation sites excluding steroid dienone is 5. The van der Waals surface area contributed by atoms with Gasteiger partial charge in [-0.15, -0.1) is 0 Å². The Kier molecular flexibility index (Phi) is 9.19. The van der Waals surface area contributed by atoms with Crippen molar-refractivity contribution in [3.8, 4) is 0 Å². The lowest BCUT2D eigenvalue weighted by Gasteiger charge is -2.26. The van der Waals surface area contributed by atoms with Gasteiger partial charge in [0.2, 0.25) is 0 Å². The highest BCUT2D eigenvalue weighted by molar-refractivity contribution is 5.76. The van der Waals surface area contributed by atoms with Crippen molar-refractivity contribution in [1.82, 2.24) is 5.32 Å². The fourth-order valence-electron chi connectivity index (χ4n) is 3.02. The Balaban J connectivity index is 3.23. The Morgan fingerprint density at radius 1 is 1.21 bits per heavy atom. The summed E-state index contributed by atoms with van der Waals surface area (Å²) < 4.78 is 0. The van der Waals surface area contributed by atoms with Crippen molar-refractivity contribution in [2.75, 3.05) is 6.54 Å². The van der Waals surface area contributed by atoms with E-state index in [4.69, 9.17) is 0 Å². The molecule has 0 aliphatic heterocycles. The van der Waals surface area contributed by atoms with Gasteiger partial charge in [0.05, 0.1) is 12.4 Å². The van der Waals surface area contributed by atoms with Crippen LogP contribution >= 0.6 is 0 Å². The van der Waals surface area contributed by atoms with Crippen molar-refractivity contribution in [3.05, 3.63) is 88.9 Å². The molecule has 3 nitrogen and oxygen atoms in total. The molecule has 0 spiro atoms. The zero-order valence-electron chi connectivity index (χ0n) is 18.9. The highest BCUT2D eigenvalue weighted by Gasteiger charge is 2.22. The van der Waals surface area contributed by atoms with E-state index in [9.17, 15) is 10.2 Å². The van der Waals surface area contributed by atoms with E-state index in [1.807, 2.05) is 39.0 Å². The van der Waals surface area contributed by atoms with Crippen molar-refractivity contribution >= 4 is 5.57 Å². The Bertz CT molecular complexity index is 838. The monoisotopic (exact) mass is 395 g/mol. The molecule has 0 unspecified atom stereocenters. The van der Waals surface area contributed by atoms with E-state index in [1.54, 1.807) is 0 Å². The minimum Gasteiger partial charge on any atom is -0.512 e. The molecule has 0 aliphatic rings. The molecule has 1 rings (SSSR count). The average Bonchev–Trinajstić information content (AvgIpc) is 2.70. The van der Waals surface area contributed by atoms with Crippen LogP contribution in [0.4, 0.5) is 0 Å². The predicted molar refractivity (Wildman–Crippen MR) is 125 cm³/mol. The maximum Gasteiger partial charge on any atom is 0.0924 e. The zero-order chi connectivity index (χ0) is 22.2. The second-order valence-corrected chi connectivity index (χ2v) is 8.10. The molecule has 0 amide bonds. The summed E-state index contributed by atoms with van der Waals surface area (Å²) in [5.41, 5.74) is 6.92. The topological polar surface area (TPSA) is 52.5 Å². The van der Waals surface area contributed by atoms with E-state index in [0.717, 1.165) is 40.0 Å². The zero-order valence-corrected chi connectivity index (χ0v) is 18.9. The Morgan fingerprint density at radius 2 is 1.86 bits per heavy atom. The molecule has 0 radical (unpaired) electrons. The van der Waals surface area contributed by atoms with Crippen molar-refractivity contribution in [2.24, 2.45) is 5.41 Å². The molecule has 0 bridgehead atoms. The lowest BCUT2D eigenvalue weighted by molar-refractivity contribution is 0.257. The van der Waals surface area contributed by atoms with Crippen molar-refractivity contribution < 1.29 is 10.2 Å². The first kappa shape index (κ1) is 24.5. The van der Waals surface area contributed by atoms with E-state index < -0.39 is 5.41 Å². The number of aliphatic hydroxyl groups excluding tert-OH is 2. The van der Waals surface area contributed by atoms with E-state index in [-0.39, 0.29) is 12.4 Å². The first-order valence-corrected chi connectivity index (χ1v) is 10.1. The third kappa shape index (κ3) is 6.79. The van der Waals surface area contributed by atoms with Crippen molar-refractivity contribution in [2.45, 2.75) is 54.6 Å². The highest BCUT2D eigenvalue weighted by Crippen LogP contribution is 2.28. The number of aliphatic hydroxyl groups is 2. The second-order valence-electron chi connectivity index (χ2n) is 8.10. The van der Waals surface area contributed by atoms with Gasteiger partial charge in [0.1, 0.15) is 0 Å². The first-order valence-electron chi connectivity index (χ1n) is 10.1. The summed E-state index contributed by atoms with van der Waals surface area (Å²) in [7, 11) is 0. The fourth-order valence-corrected chi connectivity index (χ4v) is 3.02. The van der Waals surface area contributed by atoms with Gasteiger partial charge in [0.15, 0.2) is 0 Å². The van der Waals surface area contributed by atoms with Crippen molar-refractivity contribution in [1.29, 1.82) is 0 Å². The summed E-state index contributed by atoms with van der Waals surface area (Å²) in [5.74, 6) is 0.155. The number of hydrogen-bond donors (Lipinski definition) is 3. The molecule has 1 aromatic rings. The van der Waals surface area contributed by atoms with E-state index >= 15 is 0 Å². The maximum atomic E-state index is 9.80. The number of benzene rings is 1. The van der Waals surface area contributed by atoms with Crippen LogP contribution in [0.5, 0.6) is 0 Å². The molecule has 3 heteroatoms. The highest BCUT2D eigenvalue weighted by atomic mass is 16.3. The van der Waals surface area contributed by atoms with Crippen LogP contribution in [-0.2, 0) is 6.61 Å². The van der Waals surface area contributed by atoms with E-state index in [1.165, 1.54) is 5.57 Å². The molecule has 0 saturated heterocycles. The molecule has 0 aliphatic carbocycles. The number of hydrogen-bond acceptors (Lipinski definition) is 3. The number of nitrogens with one attached hydrogen (secondary N) is 1. The van der Waals surface area contributed by atoms with Crippen LogP contribution in [0.25, 0.3) is 5.57 Å². The maximum absolute atomic E-state index is 9.80. The first-order chi connectivity index (χ1) is 13.6. The summed E-state index contributed by atoms with van der Waals surface area (Å²) in [6.45, 7) is 20.8. The summed E-state index contributed by atoms with van der Waals surface area (Å²) >= 11 is 0. The van der Waals surface area contributed by atoms with Crippen LogP contribution in [-0.4, -0.2) is 16.8 Å². The summed E-state index contributed by atoms with van der Waals surface area (Å²) in [4.78, 5) is 0. The molecule has 0 heterocycles.